The van der Waals surface area contributed by atoms with Crippen molar-refractivity contribution in [2.75, 3.05) is 32.6 Å². The van der Waals surface area contributed by atoms with Crippen LogP contribution in [0.5, 0.6) is 5.75 Å². The first-order valence-electron chi connectivity index (χ1n) is 8.51. The van der Waals surface area contributed by atoms with Crippen LogP contribution in [0.4, 0.5) is 5.69 Å². The molecule has 0 fully saturated rings. The number of nitrogens with zero attached hydrogens (tertiary/aromatic N) is 2. The molecule has 2 amide bonds. The van der Waals surface area contributed by atoms with Crippen LogP contribution >= 0.6 is 0 Å². The second kappa shape index (κ2) is 9.96. The number of rotatable bonds is 8. The summed E-state index contributed by atoms with van der Waals surface area (Å²) < 4.78 is 5.43. The summed E-state index contributed by atoms with van der Waals surface area (Å²) in [4.78, 5) is 24.9. The van der Waals surface area contributed by atoms with Crippen LogP contribution in [0.15, 0.2) is 59.7 Å². The second-order valence-electron chi connectivity index (χ2n) is 6.05. The molecule has 0 saturated heterocycles. The molecule has 0 aliphatic carbocycles. The molecule has 0 aliphatic rings. The van der Waals surface area contributed by atoms with Crippen LogP contribution in [0, 0.1) is 0 Å². The third kappa shape index (κ3) is 6.81. The molecule has 0 unspecified atom stereocenters. The number of carbonyl (C=O) groups is 2. The zero-order valence-corrected chi connectivity index (χ0v) is 15.7. The van der Waals surface area contributed by atoms with Gasteiger partial charge in [0.05, 0.1) is 12.3 Å². The maximum atomic E-state index is 11.9. The van der Waals surface area contributed by atoms with Gasteiger partial charge in [-0.2, -0.15) is 5.10 Å². The van der Waals surface area contributed by atoms with Gasteiger partial charge >= 0.3 is 0 Å². The molecule has 2 aromatic carbocycles. The van der Waals surface area contributed by atoms with E-state index in [-0.39, 0.29) is 25.0 Å². The molecule has 2 aromatic rings. The third-order valence-corrected chi connectivity index (χ3v) is 3.71. The first-order valence-corrected chi connectivity index (χ1v) is 8.51. The molecule has 0 aromatic heterocycles. The molecular weight excluding hydrogens is 344 g/mol. The van der Waals surface area contributed by atoms with E-state index >= 15 is 0 Å². The van der Waals surface area contributed by atoms with E-state index in [4.69, 9.17) is 4.74 Å². The van der Waals surface area contributed by atoms with Gasteiger partial charge in [-0.25, -0.2) is 5.43 Å². The van der Waals surface area contributed by atoms with Gasteiger partial charge in [0, 0.05) is 19.8 Å². The minimum atomic E-state index is -0.236. The van der Waals surface area contributed by atoms with Gasteiger partial charge in [-0.3, -0.25) is 9.59 Å². The molecule has 0 atom stereocenters. The van der Waals surface area contributed by atoms with Crippen molar-refractivity contribution in [2.24, 2.45) is 5.10 Å². The van der Waals surface area contributed by atoms with Gasteiger partial charge in [-0.1, -0.05) is 18.2 Å². The number of hydrogen-bond acceptors (Lipinski definition) is 5. The summed E-state index contributed by atoms with van der Waals surface area (Å²) in [5, 5.41) is 7.13. The Morgan fingerprint density at radius 2 is 1.70 bits per heavy atom. The molecule has 2 N–H and O–H groups in total. The van der Waals surface area contributed by atoms with Gasteiger partial charge in [-0.05, 0) is 48.9 Å². The van der Waals surface area contributed by atoms with Crippen molar-refractivity contribution in [3.8, 4) is 5.75 Å². The zero-order valence-electron chi connectivity index (χ0n) is 15.7. The third-order valence-electron chi connectivity index (χ3n) is 3.71. The lowest BCUT2D eigenvalue weighted by Gasteiger charge is -2.11. The molecule has 0 saturated carbocycles. The summed E-state index contributed by atoms with van der Waals surface area (Å²) in [6, 6.07) is 16.6. The lowest BCUT2D eigenvalue weighted by atomic mass is 10.1. The largest absolute Gasteiger partial charge is 0.484 e. The number of para-hydroxylation sites is 1. The normalized spacial score (nSPS) is 10.9. The first-order chi connectivity index (χ1) is 13.0. The topological polar surface area (TPSA) is 83.0 Å². The number of likely N-dealkylation sites (N-methyl/N-ethyl adjacent to an activating group) is 1. The van der Waals surface area contributed by atoms with Crippen LogP contribution in [0.3, 0.4) is 0 Å². The van der Waals surface area contributed by atoms with Crippen molar-refractivity contribution >= 4 is 23.2 Å². The number of anilines is 1. The fourth-order valence-electron chi connectivity index (χ4n) is 2.06. The van der Waals surface area contributed by atoms with Crippen molar-refractivity contribution in [3.63, 3.8) is 0 Å². The Morgan fingerprint density at radius 3 is 2.33 bits per heavy atom. The van der Waals surface area contributed by atoms with Crippen molar-refractivity contribution in [1.82, 2.24) is 10.3 Å². The standard InChI is InChI=1S/C20H24N4O3/c1-15(22-23-19(25)13-21-17-7-5-4-6-8-17)16-9-11-18(12-10-16)27-14-20(26)24(2)3/h4-12,21H,13-14H2,1-3H3,(H,23,25). The van der Waals surface area contributed by atoms with E-state index in [0.717, 1.165) is 11.3 Å². The molecular formula is C20H24N4O3. The minimum Gasteiger partial charge on any atom is -0.484 e. The van der Waals surface area contributed by atoms with E-state index in [0.29, 0.717) is 11.5 Å². The molecule has 7 heteroatoms. The maximum absolute atomic E-state index is 11.9. The summed E-state index contributed by atoms with van der Waals surface area (Å²) >= 11 is 0. The Kier molecular flexibility index (Phi) is 7.37. The van der Waals surface area contributed by atoms with Crippen molar-refractivity contribution in [3.05, 3.63) is 60.2 Å². The number of amides is 2. The monoisotopic (exact) mass is 368 g/mol. The highest BCUT2D eigenvalue weighted by atomic mass is 16.5. The van der Waals surface area contributed by atoms with Gasteiger partial charge in [0.25, 0.3) is 11.8 Å². The van der Waals surface area contributed by atoms with Gasteiger partial charge in [-0.15, -0.1) is 0 Å². The Bertz CT molecular complexity index is 787. The van der Waals surface area contributed by atoms with Gasteiger partial charge in [0.1, 0.15) is 5.75 Å². The Labute approximate surface area is 159 Å². The average Bonchev–Trinajstić information content (AvgIpc) is 2.69. The number of hydrogen-bond donors (Lipinski definition) is 2. The second-order valence-corrected chi connectivity index (χ2v) is 6.05. The Hall–Kier alpha value is -3.35. The van der Waals surface area contributed by atoms with Crippen molar-refractivity contribution < 1.29 is 14.3 Å². The summed E-state index contributed by atoms with van der Waals surface area (Å²) in [7, 11) is 3.36. The lowest BCUT2D eigenvalue weighted by molar-refractivity contribution is -0.130. The highest BCUT2D eigenvalue weighted by Gasteiger charge is 2.06. The van der Waals surface area contributed by atoms with Crippen LogP contribution in [0.25, 0.3) is 0 Å². The molecule has 2 rings (SSSR count). The number of nitrogens with one attached hydrogen (secondary N) is 2. The molecule has 0 aliphatic heterocycles. The van der Waals surface area contributed by atoms with Gasteiger partial charge in [0.15, 0.2) is 6.61 Å². The fraction of sp³-hybridized carbons (Fsp3) is 0.250. The Morgan fingerprint density at radius 1 is 1.04 bits per heavy atom. The van der Waals surface area contributed by atoms with Crippen molar-refractivity contribution in [2.45, 2.75) is 6.92 Å². The van der Waals surface area contributed by atoms with E-state index in [1.54, 1.807) is 33.2 Å². The number of carbonyl (C=O) groups excluding carboxylic acids is 2. The molecule has 0 bridgehead atoms. The van der Waals surface area contributed by atoms with Crippen molar-refractivity contribution in [1.29, 1.82) is 0 Å². The quantitative estimate of drug-likeness (QED) is 0.552. The zero-order chi connectivity index (χ0) is 19.6. The van der Waals surface area contributed by atoms with Crippen LogP contribution in [0.1, 0.15) is 12.5 Å². The summed E-state index contributed by atoms with van der Waals surface area (Å²) in [5.74, 6) is 0.252. The van der Waals surface area contributed by atoms with Gasteiger partial charge < -0.3 is 15.0 Å². The van der Waals surface area contributed by atoms with Crippen LogP contribution in [-0.4, -0.2) is 49.7 Å². The van der Waals surface area contributed by atoms with E-state index in [1.165, 1.54) is 4.90 Å². The Balaban J connectivity index is 1.82. The molecule has 27 heavy (non-hydrogen) atoms. The number of benzene rings is 2. The highest BCUT2D eigenvalue weighted by molar-refractivity contribution is 5.99. The predicted octanol–water partition coefficient (Wildman–Crippen LogP) is 2.11. The predicted molar refractivity (Wildman–Crippen MR) is 106 cm³/mol. The summed E-state index contributed by atoms with van der Waals surface area (Å²) in [5.41, 5.74) is 4.91. The van der Waals surface area contributed by atoms with E-state index in [2.05, 4.69) is 15.8 Å². The molecule has 0 heterocycles. The van der Waals surface area contributed by atoms with Gasteiger partial charge in [0.2, 0.25) is 0 Å². The van der Waals surface area contributed by atoms with Crippen LogP contribution in [-0.2, 0) is 9.59 Å². The van der Waals surface area contributed by atoms with E-state index in [1.807, 2.05) is 42.5 Å². The highest BCUT2D eigenvalue weighted by Crippen LogP contribution is 2.13. The first kappa shape index (κ1) is 20.0. The smallest absolute Gasteiger partial charge is 0.259 e. The van der Waals surface area contributed by atoms with Crippen LogP contribution < -0.4 is 15.5 Å². The number of ether oxygens (including phenoxy) is 1. The average molecular weight is 368 g/mol. The molecule has 7 nitrogen and oxygen atoms in total. The minimum absolute atomic E-state index is 0.0100. The SMILES string of the molecule is CC(=NNC(=O)CNc1ccccc1)c1ccc(OCC(=O)N(C)C)cc1. The summed E-state index contributed by atoms with van der Waals surface area (Å²) in [6.07, 6.45) is 0. The van der Waals surface area contributed by atoms with E-state index in [9.17, 15) is 9.59 Å². The maximum Gasteiger partial charge on any atom is 0.259 e. The molecule has 0 spiro atoms. The molecule has 142 valence electrons. The fourth-order valence-corrected chi connectivity index (χ4v) is 2.06. The number of hydrazone groups is 1. The lowest BCUT2D eigenvalue weighted by Crippen LogP contribution is -2.27. The van der Waals surface area contributed by atoms with Crippen LogP contribution in [0.2, 0.25) is 0 Å². The summed E-state index contributed by atoms with van der Waals surface area (Å²) in [6.45, 7) is 1.92. The molecule has 0 radical (unpaired) electrons. The van der Waals surface area contributed by atoms with E-state index < -0.39 is 0 Å².